The molecule has 0 aliphatic rings. The lowest BCUT2D eigenvalue weighted by molar-refractivity contribution is 0.604. The van der Waals surface area contributed by atoms with E-state index < -0.39 is 9.84 Å². The Kier molecular flexibility index (Phi) is 4.63. The molecule has 2 rings (SSSR count). The van der Waals surface area contributed by atoms with Crippen molar-refractivity contribution in [1.82, 2.24) is 0 Å². The Morgan fingerprint density at radius 1 is 1.00 bits per heavy atom. The lowest BCUT2D eigenvalue weighted by Crippen LogP contribution is -1.99. The molecule has 0 atom stereocenters. The normalized spacial score (nSPS) is 11.9. The van der Waals surface area contributed by atoms with Crippen molar-refractivity contribution in [3.8, 4) is 0 Å². The number of rotatable bonds is 4. The fourth-order valence-electron chi connectivity index (χ4n) is 1.72. The second-order valence-electron chi connectivity index (χ2n) is 4.65. The Morgan fingerprint density at radius 2 is 1.60 bits per heavy atom. The van der Waals surface area contributed by atoms with Crippen molar-refractivity contribution in [3.63, 3.8) is 0 Å². The van der Waals surface area contributed by atoms with Gasteiger partial charge in [0.25, 0.3) is 0 Å². The third-order valence-electron chi connectivity index (χ3n) is 2.83. The molecule has 0 unspecified atom stereocenters. The van der Waals surface area contributed by atoms with E-state index in [1.165, 1.54) is 5.41 Å². The summed E-state index contributed by atoms with van der Waals surface area (Å²) in [5.41, 5.74) is 2.74. The van der Waals surface area contributed by atoms with Crippen LogP contribution in [0, 0.1) is 6.92 Å². The minimum atomic E-state index is -3.28. The first-order chi connectivity index (χ1) is 9.44. The minimum absolute atomic E-state index is 0.0213. The van der Waals surface area contributed by atoms with Crippen LogP contribution in [0.3, 0.4) is 0 Å². The number of aryl methyl sites for hydroxylation is 1. The van der Waals surface area contributed by atoms with Crippen LogP contribution >= 0.6 is 11.6 Å². The molecule has 0 saturated heterocycles. The average molecular weight is 307 g/mol. The van der Waals surface area contributed by atoms with Gasteiger partial charge in [-0.2, -0.15) is 0 Å². The Labute approximate surface area is 124 Å². The van der Waals surface area contributed by atoms with Crippen molar-refractivity contribution in [2.24, 2.45) is 0 Å². The summed E-state index contributed by atoms with van der Waals surface area (Å²) in [6.07, 6.45) is 1.62. The molecule has 0 fully saturated rings. The summed E-state index contributed by atoms with van der Waals surface area (Å²) in [5.74, 6) is -0.0213. The topological polar surface area (TPSA) is 34.1 Å². The van der Waals surface area contributed by atoms with E-state index in [0.717, 1.165) is 16.7 Å². The molecule has 0 heterocycles. The molecule has 0 amide bonds. The van der Waals surface area contributed by atoms with E-state index in [1.807, 2.05) is 31.2 Å². The molecule has 2 aromatic carbocycles. The van der Waals surface area contributed by atoms with Gasteiger partial charge in [-0.25, -0.2) is 8.42 Å². The zero-order valence-corrected chi connectivity index (χ0v) is 12.7. The molecule has 0 saturated carbocycles. The maximum absolute atomic E-state index is 12.0. The van der Waals surface area contributed by atoms with E-state index in [9.17, 15) is 8.42 Å². The highest BCUT2D eigenvalue weighted by Gasteiger charge is 2.07. The van der Waals surface area contributed by atoms with E-state index in [1.54, 1.807) is 30.3 Å². The Balaban J connectivity index is 2.11. The average Bonchev–Trinajstić information content (AvgIpc) is 2.41. The van der Waals surface area contributed by atoms with E-state index >= 15 is 0 Å². The fourth-order valence-corrected chi connectivity index (χ4v) is 2.96. The summed E-state index contributed by atoms with van der Waals surface area (Å²) in [7, 11) is -3.28. The molecule has 0 spiro atoms. The largest absolute Gasteiger partial charge is 0.224 e. The van der Waals surface area contributed by atoms with Crippen LogP contribution in [0.5, 0.6) is 0 Å². The van der Waals surface area contributed by atoms with Gasteiger partial charge in [0.15, 0.2) is 9.84 Å². The van der Waals surface area contributed by atoms with Crippen molar-refractivity contribution in [3.05, 3.63) is 75.7 Å². The molecular weight excluding hydrogens is 292 g/mol. The van der Waals surface area contributed by atoms with Gasteiger partial charge in [0.1, 0.15) is 0 Å². The Hall–Kier alpha value is -1.58. The second kappa shape index (κ2) is 6.25. The molecule has 4 heteroatoms. The lowest BCUT2D eigenvalue weighted by atomic mass is 10.2. The van der Waals surface area contributed by atoms with Crippen LogP contribution < -0.4 is 0 Å². The van der Waals surface area contributed by atoms with Gasteiger partial charge in [-0.05, 0) is 36.3 Å². The summed E-state index contributed by atoms with van der Waals surface area (Å²) in [5, 5.41) is 1.85. The highest BCUT2D eigenvalue weighted by atomic mass is 35.5. The number of halogens is 1. The zero-order valence-electron chi connectivity index (χ0n) is 11.1. The SMILES string of the molecule is Cc1ccc(/C=C/S(=O)(=O)Cc2ccc(Cl)cc2)cc1. The molecule has 104 valence electrons. The predicted octanol–water partition coefficient (Wildman–Crippen LogP) is 4.23. The molecule has 0 aromatic heterocycles. The van der Waals surface area contributed by atoms with Gasteiger partial charge in [-0.1, -0.05) is 53.6 Å². The maximum Gasteiger partial charge on any atom is 0.175 e. The number of sulfone groups is 1. The zero-order chi connectivity index (χ0) is 14.6. The second-order valence-corrected chi connectivity index (χ2v) is 6.97. The highest BCUT2D eigenvalue weighted by molar-refractivity contribution is 7.93. The smallest absolute Gasteiger partial charge is 0.175 e. The van der Waals surface area contributed by atoms with Crippen LogP contribution in [0.2, 0.25) is 5.02 Å². The molecule has 0 aliphatic carbocycles. The van der Waals surface area contributed by atoms with Gasteiger partial charge < -0.3 is 0 Å². The van der Waals surface area contributed by atoms with Crippen LogP contribution in [-0.2, 0) is 15.6 Å². The van der Waals surface area contributed by atoms with E-state index in [2.05, 4.69) is 0 Å². The molecule has 0 aliphatic heterocycles. The monoisotopic (exact) mass is 306 g/mol. The van der Waals surface area contributed by atoms with Gasteiger partial charge in [0.05, 0.1) is 5.75 Å². The maximum atomic E-state index is 12.0. The lowest BCUT2D eigenvalue weighted by Gasteiger charge is -2.00. The Bertz CT molecular complexity index is 699. The summed E-state index contributed by atoms with van der Waals surface area (Å²) in [4.78, 5) is 0. The summed E-state index contributed by atoms with van der Waals surface area (Å²) in [6.45, 7) is 1.99. The summed E-state index contributed by atoms with van der Waals surface area (Å²) in [6, 6.07) is 14.5. The molecule has 0 N–H and O–H groups in total. The van der Waals surface area contributed by atoms with Crippen molar-refractivity contribution >= 4 is 27.5 Å². The van der Waals surface area contributed by atoms with Crippen molar-refractivity contribution in [1.29, 1.82) is 0 Å². The van der Waals surface area contributed by atoms with Crippen molar-refractivity contribution in [2.75, 3.05) is 0 Å². The van der Waals surface area contributed by atoms with Crippen LogP contribution in [0.15, 0.2) is 53.9 Å². The van der Waals surface area contributed by atoms with Gasteiger partial charge in [0, 0.05) is 10.4 Å². The van der Waals surface area contributed by atoms with Crippen LogP contribution in [0.1, 0.15) is 16.7 Å². The van der Waals surface area contributed by atoms with Crippen molar-refractivity contribution < 1.29 is 8.42 Å². The first kappa shape index (κ1) is 14.8. The third kappa shape index (κ3) is 4.51. The van der Waals surface area contributed by atoms with Gasteiger partial charge in [-0.3, -0.25) is 0 Å². The van der Waals surface area contributed by atoms with E-state index in [-0.39, 0.29) is 5.75 Å². The molecule has 0 bridgehead atoms. The standard InChI is InChI=1S/C16H15ClO2S/c1-13-2-4-14(5-3-13)10-11-20(18,19)12-15-6-8-16(17)9-7-15/h2-11H,12H2,1H3/b11-10+. The number of benzene rings is 2. The Morgan fingerprint density at radius 3 is 2.20 bits per heavy atom. The van der Waals surface area contributed by atoms with Crippen LogP contribution in [0.4, 0.5) is 0 Å². The van der Waals surface area contributed by atoms with E-state index in [4.69, 9.17) is 11.6 Å². The predicted molar refractivity (Wildman–Crippen MR) is 84.3 cm³/mol. The fraction of sp³-hybridized carbons (Fsp3) is 0.125. The summed E-state index contributed by atoms with van der Waals surface area (Å²) < 4.78 is 24.0. The molecule has 0 radical (unpaired) electrons. The third-order valence-corrected chi connectivity index (χ3v) is 4.36. The first-order valence-corrected chi connectivity index (χ1v) is 8.26. The summed E-state index contributed by atoms with van der Waals surface area (Å²) >= 11 is 5.77. The molecule has 2 nitrogen and oxygen atoms in total. The molecule has 20 heavy (non-hydrogen) atoms. The highest BCUT2D eigenvalue weighted by Crippen LogP contribution is 2.14. The van der Waals surface area contributed by atoms with Crippen LogP contribution in [-0.4, -0.2) is 8.42 Å². The van der Waals surface area contributed by atoms with Crippen LogP contribution in [0.25, 0.3) is 6.08 Å². The van der Waals surface area contributed by atoms with E-state index in [0.29, 0.717) is 5.02 Å². The van der Waals surface area contributed by atoms with Gasteiger partial charge >= 0.3 is 0 Å². The number of hydrogen-bond acceptors (Lipinski definition) is 2. The first-order valence-electron chi connectivity index (χ1n) is 6.16. The molecule has 2 aromatic rings. The van der Waals surface area contributed by atoms with Gasteiger partial charge in [0.2, 0.25) is 0 Å². The minimum Gasteiger partial charge on any atom is -0.224 e. The quantitative estimate of drug-likeness (QED) is 0.847. The molecular formula is C16H15ClO2S. The van der Waals surface area contributed by atoms with Gasteiger partial charge in [-0.15, -0.1) is 0 Å². The number of hydrogen-bond donors (Lipinski definition) is 0. The van der Waals surface area contributed by atoms with Crippen molar-refractivity contribution in [2.45, 2.75) is 12.7 Å².